The van der Waals surface area contributed by atoms with Crippen molar-refractivity contribution in [3.8, 4) is 6.07 Å². The van der Waals surface area contributed by atoms with Gasteiger partial charge < -0.3 is 5.32 Å². The Morgan fingerprint density at radius 2 is 2.24 bits per heavy atom. The van der Waals surface area contributed by atoms with Gasteiger partial charge in [-0.15, -0.1) is 0 Å². The molecule has 0 amide bonds. The Hall–Kier alpha value is -2.08. The molecule has 3 heteroatoms. The van der Waals surface area contributed by atoms with E-state index >= 15 is 0 Å². The molecule has 0 fully saturated rings. The Morgan fingerprint density at radius 3 is 2.88 bits per heavy atom. The summed E-state index contributed by atoms with van der Waals surface area (Å²) in [5, 5.41) is 13.2. The molecule has 0 saturated heterocycles. The molecule has 1 aromatic carbocycles. The molecule has 0 aliphatic rings. The van der Waals surface area contributed by atoms with Crippen molar-refractivity contribution in [1.82, 2.24) is 4.98 Å². The highest BCUT2D eigenvalue weighted by Gasteiger charge is 2.09. The maximum Gasteiger partial charge on any atom is 0.103 e. The first-order valence-corrected chi connectivity index (χ1v) is 5.80. The Labute approximate surface area is 101 Å². The Bertz CT molecular complexity index is 582. The average molecular weight is 225 g/mol. The van der Waals surface area contributed by atoms with Gasteiger partial charge in [0.25, 0.3) is 0 Å². The third kappa shape index (κ3) is 1.94. The number of aryl methyl sites for hydroxylation is 1. The molecule has 0 unspecified atom stereocenters. The monoisotopic (exact) mass is 225 g/mol. The van der Waals surface area contributed by atoms with Crippen LogP contribution in [0.1, 0.15) is 24.5 Å². The third-order valence-corrected chi connectivity index (χ3v) is 2.87. The van der Waals surface area contributed by atoms with Gasteiger partial charge in [0.15, 0.2) is 0 Å². The molecule has 0 atom stereocenters. The topological polar surface area (TPSA) is 48.7 Å². The molecular weight excluding hydrogens is 210 g/mol. The van der Waals surface area contributed by atoms with E-state index in [1.54, 1.807) is 6.20 Å². The zero-order valence-electron chi connectivity index (χ0n) is 10.1. The van der Waals surface area contributed by atoms with Crippen molar-refractivity contribution < 1.29 is 0 Å². The van der Waals surface area contributed by atoms with Crippen molar-refractivity contribution in [3.63, 3.8) is 0 Å². The molecule has 1 N–H and O–H groups in total. The molecule has 0 aliphatic heterocycles. The number of benzene rings is 1. The van der Waals surface area contributed by atoms with Gasteiger partial charge in [-0.25, -0.2) is 0 Å². The molecule has 0 radical (unpaired) electrons. The molecule has 86 valence electrons. The summed E-state index contributed by atoms with van der Waals surface area (Å²) in [5.74, 6) is 0. The van der Waals surface area contributed by atoms with E-state index in [1.165, 1.54) is 5.56 Å². The zero-order chi connectivity index (χ0) is 12.3. The first kappa shape index (κ1) is 11.4. The van der Waals surface area contributed by atoms with Crippen LogP contribution in [-0.4, -0.2) is 12.0 Å². The highest BCUT2D eigenvalue weighted by atomic mass is 14.8. The summed E-state index contributed by atoms with van der Waals surface area (Å²) in [7, 11) is 1.84. The van der Waals surface area contributed by atoms with Crippen LogP contribution in [-0.2, 0) is 6.42 Å². The predicted molar refractivity (Wildman–Crippen MR) is 70.0 cm³/mol. The lowest BCUT2D eigenvalue weighted by atomic mass is 10.0. The molecule has 0 saturated carbocycles. The van der Waals surface area contributed by atoms with Gasteiger partial charge in [-0.1, -0.05) is 31.5 Å². The third-order valence-electron chi connectivity index (χ3n) is 2.87. The molecule has 0 bridgehead atoms. The molecule has 0 aliphatic carbocycles. The number of fused-ring (bicyclic) bond motifs is 1. The minimum absolute atomic E-state index is 0.591. The molecule has 1 aromatic heterocycles. The molecule has 17 heavy (non-hydrogen) atoms. The van der Waals surface area contributed by atoms with Crippen molar-refractivity contribution in [2.45, 2.75) is 19.8 Å². The second kappa shape index (κ2) is 4.84. The van der Waals surface area contributed by atoms with Crippen LogP contribution in [0, 0.1) is 11.3 Å². The van der Waals surface area contributed by atoms with Crippen LogP contribution in [0.15, 0.2) is 24.4 Å². The molecule has 3 nitrogen and oxygen atoms in total. The van der Waals surface area contributed by atoms with Gasteiger partial charge in [-0.2, -0.15) is 5.26 Å². The van der Waals surface area contributed by atoms with E-state index in [4.69, 9.17) is 5.26 Å². The lowest BCUT2D eigenvalue weighted by Crippen LogP contribution is -1.97. The Morgan fingerprint density at radius 1 is 1.41 bits per heavy atom. The lowest BCUT2D eigenvalue weighted by molar-refractivity contribution is 0.926. The van der Waals surface area contributed by atoms with Crippen molar-refractivity contribution in [2.24, 2.45) is 0 Å². The smallest absolute Gasteiger partial charge is 0.103 e. The maximum absolute atomic E-state index is 9.05. The van der Waals surface area contributed by atoms with Crippen molar-refractivity contribution in [3.05, 3.63) is 35.5 Å². The summed E-state index contributed by atoms with van der Waals surface area (Å²) in [6.07, 6.45) is 3.75. The summed E-state index contributed by atoms with van der Waals surface area (Å²) in [6.45, 7) is 2.15. The van der Waals surface area contributed by atoms with Crippen molar-refractivity contribution >= 4 is 16.6 Å². The van der Waals surface area contributed by atoms with Crippen LogP contribution in [0.5, 0.6) is 0 Å². The quantitative estimate of drug-likeness (QED) is 0.873. The van der Waals surface area contributed by atoms with E-state index < -0.39 is 0 Å². The number of para-hydroxylation sites is 1. The standard InChI is InChI=1S/C14H15N3/c1-3-5-10-6-4-7-12-13(16-2)11(8-15)9-17-14(10)12/h4,6-7,9H,3,5H2,1-2H3,(H,16,17). The normalized spacial score (nSPS) is 10.2. The SMILES string of the molecule is CCCc1cccc2c(NC)c(C#N)cnc12. The summed E-state index contributed by atoms with van der Waals surface area (Å²) in [6, 6.07) is 8.30. The molecule has 0 spiro atoms. The number of rotatable bonds is 3. The predicted octanol–water partition coefficient (Wildman–Crippen LogP) is 3.10. The number of nitrogens with one attached hydrogen (secondary N) is 1. The lowest BCUT2D eigenvalue weighted by Gasteiger charge is -2.10. The van der Waals surface area contributed by atoms with Gasteiger partial charge in [0, 0.05) is 18.6 Å². The fraction of sp³-hybridized carbons (Fsp3) is 0.286. The van der Waals surface area contributed by atoms with Gasteiger partial charge >= 0.3 is 0 Å². The van der Waals surface area contributed by atoms with E-state index in [1.807, 2.05) is 19.2 Å². The van der Waals surface area contributed by atoms with E-state index in [0.717, 1.165) is 29.4 Å². The minimum Gasteiger partial charge on any atom is -0.386 e. The number of nitriles is 1. The number of pyridine rings is 1. The highest BCUT2D eigenvalue weighted by molar-refractivity contribution is 5.95. The van der Waals surface area contributed by atoms with Gasteiger partial charge in [0.1, 0.15) is 6.07 Å². The van der Waals surface area contributed by atoms with Crippen LogP contribution >= 0.6 is 0 Å². The zero-order valence-corrected chi connectivity index (χ0v) is 10.1. The van der Waals surface area contributed by atoms with Gasteiger partial charge in [0.05, 0.1) is 16.8 Å². The van der Waals surface area contributed by atoms with Crippen LogP contribution in [0.2, 0.25) is 0 Å². The number of nitrogens with zero attached hydrogens (tertiary/aromatic N) is 2. The number of hydrogen-bond donors (Lipinski definition) is 1. The Kier molecular flexibility index (Phi) is 3.24. The summed E-state index contributed by atoms with van der Waals surface area (Å²) < 4.78 is 0. The largest absolute Gasteiger partial charge is 0.386 e. The fourth-order valence-electron chi connectivity index (χ4n) is 2.11. The molecule has 2 aromatic rings. The Balaban J connectivity index is 2.74. The van der Waals surface area contributed by atoms with Gasteiger partial charge in [-0.3, -0.25) is 4.98 Å². The van der Waals surface area contributed by atoms with Crippen molar-refractivity contribution in [2.75, 3.05) is 12.4 Å². The maximum atomic E-state index is 9.05. The van der Waals surface area contributed by atoms with E-state index in [0.29, 0.717) is 5.56 Å². The van der Waals surface area contributed by atoms with Crippen LogP contribution in [0.3, 0.4) is 0 Å². The summed E-state index contributed by atoms with van der Waals surface area (Å²) in [5.41, 5.74) is 3.70. The molecule has 2 rings (SSSR count). The van der Waals surface area contributed by atoms with E-state index in [9.17, 15) is 0 Å². The van der Waals surface area contributed by atoms with Gasteiger partial charge in [-0.05, 0) is 12.0 Å². The van der Waals surface area contributed by atoms with Crippen LogP contribution in [0.25, 0.3) is 10.9 Å². The number of hydrogen-bond acceptors (Lipinski definition) is 3. The first-order valence-electron chi connectivity index (χ1n) is 5.80. The van der Waals surface area contributed by atoms with Crippen LogP contribution in [0.4, 0.5) is 5.69 Å². The molecular formula is C14H15N3. The van der Waals surface area contributed by atoms with E-state index in [-0.39, 0.29) is 0 Å². The minimum atomic E-state index is 0.591. The number of aromatic nitrogens is 1. The second-order valence-corrected chi connectivity index (χ2v) is 3.97. The summed E-state index contributed by atoms with van der Waals surface area (Å²) in [4.78, 5) is 4.42. The fourth-order valence-corrected chi connectivity index (χ4v) is 2.11. The highest BCUT2D eigenvalue weighted by Crippen LogP contribution is 2.27. The number of anilines is 1. The summed E-state index contributed by atoms with van der Waals surface area (Å²) >= 11 is 0. The molecule has 1 heterocycles. The van der Waals surface area contributed by atoms with Crippen LogP contribution < -0.4 is 5.32 Å². The first-order chi connectivity index (χ1) is 8.31. The second-order valence-electron chi connectivity index (χ2n) is 3.97. The van der Waals surface area contributed by atoms with E-state index in [2.05, 4.69) is 29.4 Å². The van der Waals surface area contributed by atoms with Crippen molar-refractivity contribution in [1.29, 1.82) is 5.26 Å². The average Bonchev–Trinajstić information content (AvgIpc) is 2.38. The van der Waals surface area contributed by atoms with Gasteiger partial charge in [0.2, 0.25) is 0 Å².